The predicted molar refractivity (Wildman–Crippen MR) is 38.9 cm³/mol. The molecular weight excluding hydrogens is 132 g/mol. The van der Waals surface area contributed by atoms with E-state index in [9.17, 15) is 4.79 Å². The van der Waals surface area contributed by atoms with E-state index in [1.165, 1.54) is 25.4 Å². The van der Waals surface area contributed by atoms with E-state index < -0.39 is 12.0 Å². The summed E-state index contributed by atoms with van der Waals surface area (Å²) in [6, 6.07) is -0.698. The third-order valence-corrected chi connectivity index (χ3v) is 0.864. The lowest BCUT2D eigenvalue weighted by atomic mass is 10.4. The smallest absolute Gasteiger partial charge is 0.328 e. The molecule has 0 aromatic rings. The van der Waals surface area contributed by atoms with Crippen molar-refractivity contribution in [3.63, 3.8) is 0 Å². The van der Waals surface area contributed by atoms with Crippen LogP contribution in [0.3, 0.4) is 0 Å². The maximum atomic E-state index is 10.1. The molecule has 4 nitrogen and oxygen atoms in total. The van der Waals surface area contributed by atoms with E-state index in [2.05, 4.69) is 4.99 Å². The fourth-order valence-corrected chi connectivity index (χ4v) is 0.292. The van der Waals surface area contributed by atoms with Crippen molar-refractivity contribution in [2.75, 3.05) is 0 Å². The van der Waals surface area contributed by atoms with Gasteiger partial charge in [-0.25, -0.2) is 4.79 Å². The van der Waals surface area contributed by atoms with E-state index in [0.717, 1.165) is 0 Å². The Morgan fingerprint density at radius 3 is 2.80 bits per heavy atom. The van der Waals surface area contributed by atoms with Crippen LogP contribution in [0.2, 0.25) is 0 Å². The summed E-state index contributed by atoms with van der Waals surface area (Å²) in [5.74, 6) is -0.943. The highest BCUT2D eigenvalue weighted by molar-refractivity contribution is 5.78. The number of hydrogen-bond acceptors (Lipinski definition) is 3. The quantitative estimate of drug-likeness (QED) is 0.544. The Bertz CT molecular complexity index is 163. The molecule has 0 rings (SSSR count). The molecule has 0 aromatic heterocycles. The Hall–Kier alpha value is -1.32. The van der Waals surface area contributed by atoms with E-state index in [4.69, 9.17) is 10.8 Å². The molecule has 10 heavy (non-hydrogen) atoms. The summed E-state index contributed by atoms with van der Waals surface area (Å²) in [5.41, 5.74) is 4.97. The summed E-state index contributed by atoms with van der Waals surface area (Å²) in [6.07, 6.45) is 4.12. The number of hydrogen-bond donors (Lipinski definition) is 2. The SMILES string of the molecule is CC(N=CC=CN)C(=O)O. The van der Waals surface area contributed by atoms with E-state index in [1.54, 1.807) is 0 Å². The van der Waals surface area contributed by atoms with Crippen LogP contribution in [0.15, 0.2) is 17.3 Å². The molecule has 0 fully saturated rings. The second-order valence-electron chi connectivity index (χ2n) is 1.70. The number of nitrogens with zero attached hydrogens (tertiary/aromatic N) is 1. The summed E-state index contributed by atoms with van der Waals surface area (Å²) in [7, 11) is 0. The molecule has 0 amide bonds. The van der Waals surface area contributed by atoms with Gasteiger partial charge in [-0.05, 0) is 19.2 Å². The van der Waals surface area contributed by atoms with Crippen molar-refractivity contribution >= 4 is 12.2 Å². The molecule has 0 aliphatic heterocycles. The third kappa shape index (κ3) is 3.65. The van der Waals surface area contributed by atoms with E-state index >= 15 is 0 Å². The highest BCUT2D eigenvalue weighted by Gasteiger charge is 2.05. The molecule has 0 bridgehead atoms. The van der Waals surface area contributed by atoms with Crippen LogP contribution >= 0.6 is 0 Å². The van der Waals surface area contributed by atoms with Crippen molar-refractivity contribution in [1.82, 2.24) is 0 Å². The third-order valence-electron chi connectivity index (χ3n) is 0.864. The fourth-order valence-electron chi connectivity index (χ4n) is 0.292. The van der Waals surface area contributed by atoms with Gasteiger partial charge < -0.3 is 10.8 Å². The van der Waals surface area contributed by atoms with Crippen LogP contribution in [0.25, 0.3) is 0 Å². The van der Waals surface area contributed by atoms with Gasteiger partial charge in [-0.2, -0.15) is 0 Å². The van der Waals surface area contributed by atoms with E-state index in [1.807, 2.05) is 0 Å². The molecule has 1 atom stereocenters. The van der Waals surface area contributed by atoms with Gasteiger partial charge in [0.15, 0.2) is 0 Å². The lowest BCUT2D eigenvalue weighted by Crippen LogP contribution is -2.12. The number of aliphatic imine (C=N–C) groups is 1. The summed E-state index contributed by atoms with van der Waals surface area (Å²) < 4.78 is 0. The van der Waals surface area contributed by atoms with Crippen LogP contribution in [0.1, 0.15) is 6.92 Å². The van der Waals surface area contributed by atoms with Crippen LogP contribution in [0.4, 0.5) is 0 Å². The normalized spacial score (nSPS) is 14.5. The second kappa shape index (κ2) is 4.55. The van der Waals surface area contributed by atoms with Crippen molar-refractivity contribution < 1.29 is 9.90 Å². The molecule has 0 aliphatic rings. The number of carboxylic acids is 1. The molecule has 3 N–H and O–H groups in total. The molecule has 0 radical (unpaired) electrons. The monoisotopic (exact) mass is 142 g/mol. The van der Waals surface area contributed by atoms with Crippen LogP contribution < -0.4 is 5.73 Å². The first-order valence-corrected chi connectivity index (χ1v) is 2.81. The maximum absolute atomic E-state index is 10.1. The van der Waals surface area contributed by atoms with Crippen molar-refractivity contribution in [3.8, 4) is 0 Å². The molecule has 56 valence electrons. The van der Waals surface area contributed by atoms with Crippen molar-refractivity contribution in [2.45, 2.75) is 13.0 Å². The number of rotatable bonds is 3. The lowest BCUT2D eigenvalue weighted by molar-refractivity contribution is -0.137. The first-order chi connectivity index (χ1) is 4.68. The standard InChI is InChI=1S/C6H10N2O2/c1-5(6(9)10)8-4-2-3-7/h2-5H,7H2,1H3,(H,9,10). The number of nitrogens with two attached hydrogens (primary N) is 1. The zero-order valence-corrected chi connectivity index (χ0v) is 5.69. The molecule has 0 spiro atoms. The molecule has 0 saturated carbocycles. The summed E-state index contributed by atoms with van der Waals surface area (Å²) in [4.78, 5) is 13.7. The number of carboxylic acid groups (broad SMARTS) is 1. The first kappa shape index (κ1) is 8.68. The highest BCUT2D eigenvalue weighted by Crippen LogP contribution is 1.86. The molecule has 0 aromatic carbocycles. The highest BCUT2D eigenvalue weighted by atomic mass is 16.4. The van der Waals surface area contributed by atoms with Gasteiger partial charge in [-0.15, -0.1) is 0 Å². The van der Waals surface area contributed by atoms with Gasteiger partial charge in [0, 0.05) is 6.21 Å². The van der Waals surface area contributed by atoms with Gasteiger partial charge >= 0.3 is 5.97 Å². The minimum atomic E-state index is -0.943. The van der Waals surface area contributed by atoms with Crippen LogP contribution in [0.5, 0.6) is 0 Å². The number of allylic oxidation sites excluding steroid dienone is 1. The van der Waals surface area contributed by atoms with Gasteiger partial charge in [0.1, 0.15) is 6.04 Å². The van der Waals surface area contributed by atoms with Crippen molar-refractivity contribution in [3.05, 3.63) is 12.3 Å². The minimum Gasteiger partial charge on any atom is -0.480 e. The average Bonchev–Trinajstić information content (AvgIpc) is 1.88. The minimum absolute atomic E-state index is 0.698. The van der Waals surface area contributed by atoms with Crippen LogP contribution in [0, 0.1) is 0 Å². The number of carbonyl (C=O) groups is 1. The van der Waals surface area contributed by atoms with Gasteiger partial charge in [-0.3, -0.25) is 4.99 Å². The molecule has 0 saturated heterocycles. The Morgan fingerprint density at radius 2 is 2.40 bits per heavy atom. The Kier molecular flexibility index (Phi) is 3.95. The number of aliphatic carboxylic acids is 1. The maximum Gasteiger partial charge on any atom is 0.328 e. The molecule has 0 heterocycles. The zero-order chi connectivity index (χ0) is 7.98. The average molecular weight is 142 g/mol. The second-order valence-corrected chi connectivity index (χ2v) is 1.70. The van der Waals surface area contributed by atoms with Crippen LogP contribution in [-0.4, -0.2) is 23.3 Å². The van der Waals surface area contributed by atoms with Crippen molar-refractivity contribution in [1.29, 1.82) is 0 Å². The zero-order valence-electron chi connectivity index (χ0n) is 5.69. The van der Waals surface area contributed by atoms with Gasteiger partial charge in [0.25, 0.3) is 0 Å². The Labute approximate surface area is 59.1 Å². The summed E-state index contributed by atoms with van der Waals surface area (Å²) in [5, 5.41) is 8.31. The molecular formula is C6H10N2O2. The lowest BCUT2D eigenvalue weighted by Gasteiger charge is -1.94. The predicted octanol–water partition coefficient (Wildman–Crippen LogP) is 0.00270. The van der Waals surface area contributed by atoms with E-state index in [0.29, 0.717) is 0 Å². The topological polar surface area (TPSA) is 75.7 Å². The molecule has 0 aliphatic carbocycles. The van der Waals surface area contributed by atoms with Gasteiger partial charge in [0.2, 0.25) is 0 Å². The summed E-state index contributed by atoms with van der Waals surface area (Å²) >= 11 is 0. The van der Waals surface area contributed by atoms with Gasteiger partial charge in [0.05, 0.1) is 0 Å². The first-order valence-electron chi connectivity index (χ1n) is 2.81. The summed E-state index contributed by atoms with van der Waals surface area (Å²) in [6.45, 7) is 1.49. The van der Waals surface area contributed by atoms with E-state index in [-0.39, 0.29) is 0 Å². The van der Waals surface area contributed by atoms with Gasteiger partial charge in [-0.1, -0.05) is 0 Å². The fraction of sp³-hybridized carbons (Fsp3) is 0.333. The molecule has 4 heteroatoms. The molecule has 1 unspecified atom stereocenters. The largest absolute Gasteiger partial charge is 0.480 e. The Morgan fingerprint density at radius 1 is 1.80 bits per heavy atom. The van der Waals surface area contributed by atoms with Crippen LogP contribution in [-0.2, 0) is 4.79 Å². The Balaban J connectivity index is 3.77. The van der Waals surface area contributed by atoms with Crippen molar-refractivity contribution in [2.24, 2.45) is 10.7 Å².